The average molecular weight is 263 g/mol. The van der Waals surface area contributed by atoms with E-state index in [1.54, 1.807) is 0 Å². The molecule has 2 fully saturated rings. The molecule has 1 atom stereocenters. The van der Waals surface area contributed by atoms with Crippen molar-refractivity contribution in [3.63, 3.8) is 0 Å². The number of halogens is 1. The number of piperidine rings is 1. The molecule has 1 unspecified atom stereocenters. The maximum absolute atomic E-state index is 5.87. The third-order valence-corrected chi connectivity index (χ3v) is 3.89. The van der Waals surface area contributed by atoms with Gasteiger partial charge in [0.05, 0.1) is 6.61 Å². The van der Waals surface area contributed by atoms with Crippen LogP contribution in [-0.4, -0.2) is 42.4 Å². The van der Waals surface area contributed by atoms with Gasteiger partial charge in [0.15, 0.2) is 0 Å². The maximum Gasteiger partial charge on any atom is 0.111 e. The third-order valence-electron chi connectivity index (χ3n) is 3.89. The van der Waals surface area contributed by atoms with Crippen LogP contribution in [0.15, 0.2) is 0 Å². The Balaban J connectivity index is 0.00000144. The summed E-state index contributed by atoms with van der Waals surface area (Å²) in [5.41, 5.74) is 0.167. The second-order valence-electron chi connectivity index (χ2n) is 6.23. The highest BCUT2D eigenvalue weighted by atomic mass is 35.5. The summed E-state index contributed by atoms with van der Waals surface area (Å²) in [7, 11) is 0. The first kappa shape index (κ1) is 15.2. The summed E-state index contributed by atoms with van der Waals surface area (Å²) in [6.07, 6.45) is 2.84. The van der Waals surface area contributed by atoms with E-state index in [1.165, 1.54) is 25.9 Å². The Hall–Kier alpha value is 0.170. The Morgan fingerprint density at radius 2 is 1.82 bits per heavy atom. The van der Waals surface area contributed by atoms with Crippen molar-refractivity contribution in [2.75, 3.05) is 19.7 Å². The van der Waals surface area contributed by atoms with Crippen molar-refractivity contribution < 1.29 is 4.74 Å². The van der Waals surface area contributed by atoms with Gasteiger partial charge in [0.25, 0.3) is 0 Å². The molecule has 0 spiro atoms. The van der Waals surface area contributed by atoms with E-state index < -0.39 is 0 Å². The van der Waals surface area contributed by atoms with Crippen molar-refractivity contribution in [3.05, 3.63) is 0 Å². The molecule has 2 aliphatic rings. The van der Waals surface area contributed by atoms with E-state index in [4.69, 9.17) is 4.74 Å². The lowest BCUT2D eigenvalue weighted by molar-refractivity contribution is 0.0166. The van der Waals surface area contributed by atoms with Crippen LogP contribution < -0.4 is 5.32 Å². The minimum atomic E-state index is 0. The molecule has 0 amide bonds. The Kier molecular flexibility index (Phi) is 5.26. The number of likely N-dealkylation sites (tertiary alicyclic amines) is 1. The number of nitrogens with zero attached hydrogens (tertiary/aromatic N) is 1. The molecule has 17 heavy (non-hydrogen) atoms. The van der Waals surface area contributed by atoms with E-state index in [0.717, 1.165) is 6.61 Å². The summed E-state index contributed by atoms with van der Waals surface area (Å²) >= 11 is 0. The Morgan fingerprint density at radius 1 is 1.24 bits per heavy atom. The van der Waals surface area contributed by atoms with Gasteiger partial charge >= 0.3 is 0 Å². The molecule has 102 valence electrons. The monoisotopic (exact) mass is 262 g/mol. The minimum Gasteiger partial charge on any atom is -0.361 e. The van der Waals surface area contributed by atoms with E-state index in [-0.39, 0.29) is 17.9 Å². The second-order valence-corrected chi connectivity index (χ2v) is 6.23. The molecular weight excluding hydrogens is 236 g/mol. The van der Waals surface area contributed by atoms with Gasteiger partial charge in [-0.05, 0) is 53.6 Å². The van der Waals surface area contributed by atoms with Crippen LogP contribution in [0.5, 0.6) is 0 Å². The number of hydrogen-bond donors (Lipinski definition) is 1. The van der Waals surface area contributed by atoms with Crippen molar-refractivity contribution >= 4 is 12.4 Å². The van der Waals surface area contributed by atoms with E-state index in [0.29, 0.717) is 18.2 Å². The molecule has 1 N–H and O–H groups in total. The van der Waals surface area contributed by atoms with Gasteiger partial charge < -0.3 is 9.64 Å². The molecule has 2 aliphatic heterocycles. The molecule has 4 heteroatoms. The lowest BCUT2D eigenvalue weighted by Crippen LogP contribution is -2.47. The Morgan fingerprint density at radius 3 is 2.24 bits per heavy atom. The van der Waals surface area contributed by atoms with Crippen LogP contribution >= 0.6 is 12.4 Å². The second kappa shape index (κ2) is 5.87. The number of rotatable bonds is 2. The Labute approximate surface area is 112 Å². The van der Waals surface area contributed by atoms with E-state index >= 15 is 0 Å². The molecule has 0 aromatic heterocycles. The van der Waals surface area contributed by atoms with Crippen molar-refractivity contribution in [2.24, 2.45) is 5.92 Å². The predicted molar refractivity (Wildman–Crippen MR) is 73.6 cm³/mol. The first-order valence-corrected chi connectivity index (χ1v) is 6.61. The summed E-state index contributed by atoms with van der Waals surface area (Å²) in [5, 5.41) is 3.60. The van der Waals surface area contributed by atoms with Crippen LogP contribution in [0.2, 0.25) is 0 Å². The molecule has 0 aromatic rings. The summed E-state index contributed by atoms with van der Waals surface area (Å²) in [6, 6.07) is 0.690. The molecule has 0 radical (unpaired) electrons. The molecule has 0 saturated carbocycles. The number of ether oxygens (including phenoxy) is 1. The van der Waals surface area contributed by atoms with Crippen LogP contribution in [0.1, 0.15) is 40.5 Å². The largest absolute Gasteiger partial charge is 0.361 e. The van der Waals surface area contributed by atoms with Crippen molar-refractivity contribution in [1.82, 2.24) is 10.2 Å². The fourth-order valence-electron chi connectivity index (χ4n) is 2.76. The summed E-state index contributed by atoms with van der Waals surface area (Å²) in [5.74, 6) is 0.705. The molecule has 2 saturated heterocycles. The summed E-state index contributed by atoms with van der Waals surface area (Å²) in [6.45, 7) is 12.3. The molecule has 0 aliphatic carbocycles. The minimum absolute atomic E-state index is 0. The van der Waals surface area contributed by atoms with E-state index in [1.807, 2.05) is 0 Å². The predicted octanol–water partition coefficient (Wildman–Crippen LogP) is 2.25. The zero-order valence-electron chi connectivity index (χ0n) is 11.5. The zero-order valence-corrected chi connectivity index (χ0v) is 12.3. The van der Waals surface area contributed by atoms with Gasteiger partial charge in [-0.1, -0.05) is 0 Å². The van der Waals surface area contributed by atoms with Gasteiger partial charge in [-0.3, -0.25) is 5.32 Å². The number of hydrogen-bond acceptors (Lipinski definition) is 3. The standard InChI is InChI=1S/C13H26N2O.ClH/c1-10(2)15-7-5-11(6-8-15)12-14-13(3,4)9-16-12;/h10-12,14H,5-9H2,1-4H3;1H. The fourth-order valence-corrected chi connectivity index (χ4v) is 2.76. The molecular formula is C13H27ClN2O. The average Bonchev–Trinajstić information content (AvgIpc) is 2.59. The van der Waals surface area contributed by atoms with Gasteiger partial charge in [0.1, 0.15) is 6.23 Å². The third kappa shape index (κ3) is 3.82. The van der Waals surface area contributed by atoms with E-state index in [2.05, 4.69) is 37.9 Å². The van der Waals surface area contributed by atoms with E-state index in [9.17, 15) is 0 Å². The van der Waals surface area contributed by atoms with Gasteiger partial charge in [0, 0.05) is 17.5 Å². The summed E-state index contributed by atoms with van der Waals surface area (Å²) < 4.78 is 5.87. The highest BCUT2D eigenvalue weighted by Crippen LogP contribution is 2.27. The Bertz CT molecular complexity index is 238. The topological polar surface area (TPSA) is 24.5 Å². The summed E-state index contributed by atoms with van der Waals surface area (Å²) in [4.78, 5) is 2.57. The molecule has 2 heterocycles. The first-order valence-electron chi connectivity index (χ1n) is 6.61. The van der Waals surface area contributed by atoms with Crippen LogP contribution in [0.4, 0.5) is 0 Å². The van der Waals surface area contributed by atoms with Crippen molar-refractivity contribution in [2.45, 2.75) is 58.3 Å². The fraction of sp³-hybridized carbons (Fsp3) is 1.00. The van der Waals surface area contributed by atoms with Crippen molar-refractivity contribution in [1.29, 1.82) is 0 Å². The van der Waals surface area contributed by atoms with Gasteiger partial charge in [-0.25, -0.2) is 0 Å². The van der Waals surface area contributed by atoms with Gasteiger partial charge in [0.2, 0.25) is 0 Å². The maximum atomic E-state index is 5.87. The molecule has 0 aromatic carbocycles. The van der Waals surface area contributed by atoms with Gasteiger partial charge in [-0.15, -0.1) is 12.4 Å². The lowest BCUT2D eigenvalue weighted by atomic mass is 9.94. The van der Waals surface area contributed by atoms with Crippen LogP contribution in [0.3, 0.4) is 0 Å². The normalized spacial score (nSPS) is 30.5. The highest BCUT2D eigenvalue weighted by Gasteiger charge is 2.37. The van der Waals surface area contributed by atoms with Crippen LogP contribution in [0, 0.1) is 5.92 Å². The lowest BCUT2D eigenvalue weighted by Gasteiger charge is -2.36. The zero-order chi connectivity index (χ0) is 11.8. The quantitative estimate of drug-likeness (QED) is 0.826. The molecule has 0 bridgehead atoms. The smallest absolute Gasteiger partial charge is 0.111 e. The number of nitrogens with one attached hydrogen (secondary N) is 1. The SMILES string of the molecule is CC(C)N1CCC(C2NC(C)(C)CO2)CC1.Cl. The van der Waals surface area contributed by atoms with Crippen LogP contribution in [-0.2, 0) is 4.74 Å². The van der Waals surface area contributed by atoms with Gasteiger partial charge in [-0.2, -0.15) is 0 Å². The first-order chi connectivity index (χ1) is 7.48. The highest BCUT2D eigenvalue weighted by molar-refractivity contribution is 5.85. The molecule has 2 rings (SSSR count). The van der Waals surface area contributed by atoms with Crippen LogP contribution in [0.25, 0.3) is 0 Å². The van der Waals surface area contributed by atoms with Crippen molar-refractivity contribution in [3.8, 4) is 0 Å². The molecule has 3 nitrogen and oxygen atoms in total.